The predicted octanol–water partition coefficient (Wildman–Crippen LogP) is 4.09. The van der Waals surface area contributed by atoms with Gasteiger partial charge in [-0.15, -0.1) is 0 Å². The van der Waals surface area contributed by atoms with E-state index in [4.69, 9.17) is 11.6 Å². The number of Topliss-reactive ketones (excluding diaryl/α,β-unsaturated/α-hetero) is 1. The Labute approximate surface area is 158 Å². The Morgan fingerprint density at radius 1 is 1.04 bits per heavy atom. The van der Waals surface area contributed by atoms with Crippen LogP contribution in [-0.4, -0.2) is 21.7 Å². The molecule has 1 heterocycles. The number of anilines is 1. The molecule has 27 heavy (non-hydrogen) atoms. The maximum absolute atomic E-state index is 13.7. The van der Waals surface area contributed by atoms with E-state index >= 15 is 0 Å². The molecule has 1 aromatic heterocycles. The highest BCUT2D eigenvalue weighted by atomic mass is 35.5. The van der Waals surface area contributed by atoms with Crippen LogP contribution >= 0.6 is 11.6 Å². The van der Waals surface area contributed by atoms with Crippen molar-refractivity contribution in [2.24, 2.45) is 0 Å². The van der Waals surface area contributed by atoms with Crippen LogP contribution in [-0.2, 0) is 6.42 Å². The number of nitrogens with zero attached hydrogens (tertiary/aromatic N) is 2. The standard InChI is InChI=1S/C19H12ClF2N3O2/c20-19-23-8-7-13(25-19)10-16(26)11-3-1-4-12(9-11)24-18(27)17-14(21)5-2-6-15(17)22/h1-9H,10H2,(H,24,27). The fourth-order valence-corrected chi connectivity index (χ4v) is 2.58. The normalized spacial score (nSPS) is 10.5. The van der Waals surface area contributed by atoms with Gasteiger partial charge in [-0.25, -0.2) is 18.7 Å². The average Bonchev–Trinajstić information content (AvgIpc) is 2.62. The van der Waals surface area contributed by atoms with E-state index in [1.54, 1.807) is 18.2 Å². The third kappa shape index (κ3) is 4.51. The number of halogens is 3. The van der Waals surface area contributed by atoms with E-state index in [1.165, 1.54) is 24.4 Å². The van der Waals surface area contributed by atoms with Gasteiger partial charge in [-0.3, -0.25) is 9.59 Å². The molecule has 0 saturated carbocycles. The van der Waals surface area contributed by atoms with Crippen molar-refractivity contribution in [3.05, 3.63) is 88.5 Å². The third-order valence-electron chi connectivity index (χ3n) is 3.66. The van der Waals surface area contributed by atoms with Crippen LogP contribution in [0, 0.1) is 11.6 Å². The van der Waals surface area contributed by atoms with Gasteiger partial charge in [0.05, 0.1) is 12.1 Å². The molecule has 2 aromatic carbocycles. The Bertz CT molecular complexity index is 1010. The van der Waals surface area contributed by atoms with Gasteiger partial charge in [0, 0.05) is 17.4 Å². The first-order valence-electron chi connectivity index (χ1n) is 7.80. The minimum atomic E-state index is -0.972. The lowest BCUT2D eigenvalue weighted by Gasteiger charge is -2.08. The molecular formula is C19H12ClF2N3O2. The second kappa shape index (κ2) is 8.01. The molecular weight excluding hydrogens is 376 g/mol. The van der Waals surface area contributed by atoms with Gasteiger partial charge in [-0.1, -0.05) is 18.2 Å². The topological polar surface area (TPSA) is 72.0 Å². The zero-order valence-corrected chi connectivity index (χ0v) is 14.5. The van der Waals surface area contributed by atoms with Crippen LogP contribution in [0.5, 0.6) is 0 Å². The second-order valence-corrected chi connectivity index (χ2v) is 5.89. The largest absolute Gasteiger partial charge is 0.322 e. The van der Waals surface area contributed by atoms with Crippen molar-refractivity contribution >= 4 is 29.0 Å². The molecule has 0 fully saturated rings. The number of carbonyl (C=O) groups excluding carboxylic acids is 2. The number of benzene rings is 2. The highest BCUT2D eigenvalue weighted by Crippen LogP contribution is 2.17. The lowest BCUT2D eigenvalue weighted by atomic mass is 10.1. The number of nitrogens with one attached hydrogen (secondary N) is 1. The zero-order chi connectivity index (χ0) is 19.4. The predicted molar refractivity (Wildman–Crippen MR) is 95.8 cm³/mol. The van der Waals surface area contributed by atoms with E-state index in [9.17, 15) is 18.4 Å². The van der Waals surface area contributed by atoms with Gasteiger partial charge >= 0.3 is 0 Å². The number of amides is 1. The average molecular weight is 388 g/mol. The Morgan fingerprint density at radius 2 is 1.74 bits per heavy atom. The fraction of sp³-hybridized carbons (Fsp3) is 0.0526. The number of hydrogen-bond acceptors (Lipinski definition) is 4. The smallest absolute Gasteiger partial charge is 0.261 e. The molecule has 0 radical (unpaired) electrons. The van der Waals surface area contributed by atoms with Gasteiger partial charge in [-0.2, -0.15) is 0 Å². The maximum atomic E-state index is 13.7. The van der Waals surface area contributed by atoms with Crippen molar-refractivity contribution in [3.63, 3.8) is 0 Å². The molecule has 1 N–H and O–H groups in total. The third-order valence-corrected chi connectivity index (χ3v) is 3.84. The Hall–Kier alpha value is -3.19. The summed E-state index contributed by atoms with van der Waals surface area (Å²) in [4.78, 5) is 32.3. The molecule has 3 rings (SSSR count). The lowest BCUT2D eigenvalue weighted by Crippen LogP contribution is -2.16. The summed E-state index contributed by atoms with van der Waals surface area (Å²) >= 11 is 5.70. The molecule has 136 valence electrons. The zero-order valence-electron chi connectivity index (χ0n) is 13.7. The van der Waals surface area contributed by atoms with Crippen molar-refractivity contribution in [1.82, 2.24) is 9.97 Å². The summed E-state index contributed by atoms with van der Waals surface area (Å²) in [5.41, 5.74) is 0.290. The van der Waals surface area contributed by atoms with E-state index in [0.29, 0.717) is 11.3 Å². The molecule has 0 spiro atoms. The SMILES string of the molecule is O=C(Cc1ccnc(Cl)n1)c1cccc(NC(=O)c2c(F)cccc2F)c1. The summed E-state index contributed by atoms with van der Waals surface area (Å²) in [5.74, 6) is -3.16. The van der Waals surface area contributed by atoms with Gasteiger partial charge in [0.15, 0.2) is 5.78 Å². The van der Waals surface area contributed by atoms with Gasteiger partial charge in [0.1, 0.15) is 17.2 Å². The van der Waals surface area contributed by atoms with Crippen LogP contribution in [0.2, 0.25) is 5.28 Å². The van der Waals surface area contributed by atoms with E-state index in [-0.39, 0.29) is 23.2 Å². The van der Waals surface area contributed by atoms with Gasteiger partial charge in [0.25, 0.3) is 5.91 Å². The van der Waals surface area contributed by atoms with Crippen molar-refractivity contribution in [2.45, 2.75) is 6.42 Å². The highest BCUT2D eigenvalue weighted by Gasteiger charge is 2.17. The number of rotatable bonds is 5. The molecule has 3 aromatic rings. The molecule has 0 unspecified atom stereocenters. The second-order valence-electron chi connectivity index (χ2n) is 5.55. The van der Waals surface area contributed by atoms with Gasteiger partial charge in [0.2, 0.25) is 5.28 Å². The first-order chi connectivity index (χ1) is 12.9. The quantitative estimate of drug-likeness (QED) is 0.528. The van der Waals surface area contributed by atoms with Crippen LogP contribution in [0.4, 0.5) is 14.5 Å². The Morgan fingerprint density at radius 3 is 2.44 bits per heavy atom. The van der Waals surface area contributed by atoms with Gasteiger partial charge < -0.3 is 5.32 Å². The summed E-state index contributed by atoms with van der Waals surface area (Å²) < 4.78 is 27.4. The Kier molecular flexibility index (Phi) is 5.52. The van der Waals surface area contributed by atoms with Crippen molar-refractivity contribution < 1.29 is 18.4 Å². The molecule has 0 bridgehead atoms. The summed E-state index contributed by atoms with van der Waals surface area (Å²) in [6, 6.07) is 10.8. The number of ketones is 1. The summed E-state index contributed by atoms with van der Waals surface area (Å²) in [7, 11) is 0. The van der Waals surface area contributed by atoms with E-state index < -0.39 is 23.1 Å². The Balaban J connectivity index is 1.77. The van der Waals surface area contributed by atoms with E-state index in [1.807, 2.05) is 0 Å². The van der Waals surface area contributed by atoms with Crippen LogP contribution < -0.4 is 5.32 Å². The van der Waals surface area contributed by atoms with E-state index in [2.05, 4.69) is 15.3 Å². The van der Waals surface area contributed by atoms with Crippen LogP contribution in [0.15, 0.2) is 54.7 Å². The lowest BCUT2D eigenvalue weighted by molar-refractivity contribution is 0.0987. The molecule has 1 amide bonds. The molecule has 0 atom stereocenters. The van der Waals surface area contributed by atoms with Crippen LogP contribution in [0.25, 0.3) is 0 Å². The monoisotopic (exact) mass is 387 g/mol. The fourth-order valence-electron chi connectivity index (χ4n) is 2.41. The summed E-state index contributed by atoms with van der Waals surface area (Å²) in [5, 5.41) is 2.43. The van der Waals surface area contributed by atoms with Crippen molar-refractivity contribution in [1.29, 1.82) is 0 Å². The molecule has 0 aliphatic heterocycles. The molecule has 0 saturated heterocycles. The van der Waals surface area contributed by atoms with Crippen LogP contribution in [0.3, 0.4) is 0 Å². The number of aromatic nitrogens is 2. The number of carbonyl (C=O) groups is 2. The molecule has 0 aliphatic rings. The molecule has 5 nitrogen and oxygen atoms in total. The minimum Gasteiger partial charge on any atom is -0.322 e. The summed E-state index contributed by atoms with van der Waals surface area (Å²) in [6.07, 6.45) is 1.43. The van der Waals surface area contributed by atoms with E-state index in [0.717, 1.165) is 12.1 Å². The summed E-state index contributed by atoms with van der Waals surface area (Å²) in [6.45, 7) is 0. The molecule has 0 aliphatic carbocycles. The first-order valence-corrected chi connectivity index (χ1v) is 8.18. The van der Waals surface area contributed by atoms with Crippen LogP contribution in [0.1, 0.15) is 26.4 Å². The first kappa shape index (κ1) is 18.6. The number of hydrogen-bond donors (Lipinski definition) is 1. The van der Waals surface area contributed by atoms with Crippen molar-refractivity contribution in [2.75, 3.05) is 5.32 Å². The molecule has 8 heteroatoms. The maximum Gasteiger partial charge on any atom is 0.261 e. The van der Waals surface area contributed by atoms with Crippen molar-refractivity contribution in [3.8, 4) is 0 Å². The van der Waals surface area contributed by atoms with Gasteiger partial charge in [-0.05, 0) is 41.9 Å². The highest BCUT2D eigenvalue weighted by molar-refractivity contribution is 6.28. The minimum absolute atomic E-state index is 0.0123.